The van der Waals surface area contributed by atoms with E-state index in [4.69, 9.17) is 24.9 Å². The fraction of sp³-hybridized carbons (Fsp3) is 0. The average molecular weight is 1550 g/mol. The van der Waals surface area contributed by atoms with Crippen LogP contribution in [0, 0.1) is 0 Å². The van der Waals surface area contributed by atoms with E-state index in [0.717, 1.165) is 83.4 Å². The molecule has 26 aromatic rings. The molecule has 0 fully saturated rings. The normalized spacial score (nSPS) is 11.9. The van der Waals surface area contributed by atoms with Gasteiger partial charge in [0, 0.05) is 87.8 Å². The molecule has 0 aliphatic rings. The van der Waals surface area contributed by atoms with E-state index >= 15 is 0 Å². The van der Waals surface area contributed by atoms with Gasteiger partial charge < -0.3 is 13.7 Å². The van der Waals surface area contributed by atoms with E-state index in [2.05, 4.69) is 376 Å². The number of benzene rings is 20. The second-order valence-corrected chi connectivity index (χ2v) is 31.7. The van der Waals surface area contributed by atoms with Crippen molar-refractivity contribution < 1.29 is 0 Å². The van der Waals surface area contributed by atoms with Crippen LogP contribution < -0.4 is 0 Å². The Kier molecular flexibility index (Phi) is 15.5. The first-order chi connectivity index (χ1) is 60.5. The van der Waals surface area contributed by atoms with Crippen molar-refractivity contribution in [1.82, 2.24) is 43.2 Å². The maximum atomic E-state index is 5.45. The minimum Gasteiger partial charge on any atom is -0.309 e. The smallest absolute Gasteiger partial charge is 0.235 e. The summed E-state index contributed by atoms with van der Waals surface area (Å²) < 4.78 is 9.63. The molecule has 566 valence electrons. The van der Waals surface area contributed by atoms with Gasteiger partial charge in [-0.3, -0.25) is 4.57 Å². The summed E-state index contributed by atoms with van der Waals surface area (Å²) in [4.78, 5) is 25.9. The lowest BCUT2D eigenvalue weighted by Gasteiger charge is -2.14. The molecule has 0 bridgehead atoms. The van der Waals surface area contributed by atoms with Gasteiger partial charge in [-0.1, -0.05) is 340 Å². The van der Waals surface area contributed by atoms with Gasteiger partial charge in [0.1, 0.15) is 0 Å². The molecule has 9 nitrogen and oxygen atoms in total. The standard InChI is InChI=1S/C57H35N5.C56H34N4/c1-3-16-36(17-4-1)55-58-56(37-18-5-2-6-19-37)60-57(59-55)38-20-15-21-39(34-38)61-51-29-14-12-27-48(51)53-52(61)33-32-47-46-26-11-13-28-50(46)62(54(47)53)40-30-31-45-43-24-8-7-22-41(43)42-23-9-10-25-44(42)49(45)35-40;1-2-14-35(15-3-1)36-26-28-37(29-27-36)54-46-21-8-11-23-49(46)57-56(58-54)60-51-25-13-10-22-47(51)53-52(60)33-32-45-44-20-9-12-24-50(44)59(55(45)53)38-30-31-43-41-18-5-4-16-39(41)40-17-6-7-19-42(40)48(43)34-38/h1-35H;1-34H. The van der Waals surface area contributed by atoms with Gasteiger partial charge in [-0.2, -0.15) is 0 Å². The summed E-state index contributed by atoms with van der Waals surface area (Å²) in [7, 11) is 0. The van der Waals surface area contributed by atoms with Crippen LogP contribution in [0.4, 0.5) is 0 Å². The van der Waals surface area contributed by atoms with Crippen molar-refractivity contribution in [3.05, 3.63) is 419 Å². The number of para-hydroxylation sites is 5. The van der Waals surface area contributed by atoms with Crippen LogP contribution in [0.25, 0.3) is 242 Å². The van der Waals surface area contributed by atoms with E-state index in [1.54, 1.807) is 0 Å². The summed E-state index contributed by atoms with van der Waals surface area (Å²) >= 11 is 0. The zero-order chi connectivity index (χ0) is 80.0. The van der Waals surface area contributed by atoms with Crippen molar-refractivity contribution in [3.8, 4) is 79.6 Å². The van der Waals surface area contributed by atoms with E-state index in [1.165, 1.54) is 136 Å². The number of rotatable bonds is 9. The van der Waals surface area contributed by atoms with Crippen LogP contribution in [0.1, 0.15) is 0 Å². The van der Waals surface area contributed by atoms with Crippen molar-refractivity contribution in [2.45, 2.75) is 0 Å². The Labute approximate surface area is 699 Å². The molecule has 122 heavy (non-hydrogen) atoms. The topological polar surface area (TPSA) is 84.2 Å². The molecule has 9 heteroatoms. The monoisotopic (exact) mass is 1550 g/mol. The lowest BCUT2D eigenvalue weighted by molar-refractivity contribution is 1.01. The van der Waals surface area contributed by atoms with E-state index in [1.807, 2.05) is 60.7 Å². The number of nitrogens with zero attached hydrogens (tertiary/aromatic N) is 9. The van der Waals surface area contributed by atoms with Crippen molar-refractivity contribution >= 4 is 163 Å². The molecule has 0 unspecified atom stereocenters. The first kappa shape index (κ1) is 68.7. The first-order valence-corrected chi connectivity index (χ1v) is 41.5. The second-order valence-electron chi connectivity index (χ2n) is 31.7. The fourth-order valence-corrected chi connectivity index (χ4v) is 19.7. The maximum absolute atomic E-state index is 5.45. The summed E-state index contributed by atoms with van der Waals surface area (Å²) in [6.07, 6.45) is 0. The Bertz CT molecular complexity index is 8700. The third kappa shape index (κ3) is 10.7. The summed E-state index contributed by atoms with van der Waals surface area (Å²) in [5, 5.41) is 25.8. The minimum atomic E-state index is 0.624. The Morgan fingerprint density at radius 3 is 0.943 bits per heavy atom. The van der Waals surface area contributed by atoms with Crippen molar-refractivity contribution in [3.63, 3.8) is 0 Å². The first-order valence-electron chi connectivity index (χ1n) is 41.5. The van der Waals surface area contributed by atoms with E-state index in [9.17, 15) is 0 Å². The van der Waals surface area contributed by atoms with Crippen LogP contribution in [-0.2, 0) is 0 Å². The van der Waals surface area contributed by atoms with Gasteiger partial charge in [-0.15, -0.1) is 0 Å². The van der Waals surface area contributed by atoms with Crippen LogP contribution in [0.15, 0.2) is 419 Å². The highest BCUT2D eigenvalue weighted by Gasteiger charge is 2.27. The Morgan fingerprint density at radius 1 is 0.156 bits per heavy atom. The molecule has 0 saturated heterocycles. The third-order valence-corrected chi connectivity index (χ3v) is 25.0. The van der Waals surface area contributed by atoms with Gasteiger partial charge in [-0.25, -0.2) is 24.9 Å². The molecule has 0 amide bonds. The van der Waals surface area contributed by atoms with Gasteiger partial charge in [0.25, 0.3) is 0 Å². The lowest BCUT2D eigenvalue weighted by atomic mass is 9.94. The van der Waals surface area contributed by atoms with Crippen molar-refractivity contribution in [1.29, 1.82) is 0 Å². The predicted molar refractivity (Wildman–Crippen MR) is 509 cm³/mol. The molecular weight excluding hydrogens is 1480 g/mol. The summed E-state index contributed by atoms with van der Waals surface area (Å²) in [6, 6.07) is 150. The average Bonchev–Trinajstić information content (AvgIpc) is 1.53. The molecule has 6 aromatic heterocycles. The third-order valence-electron chi connectivity index (χ3n) is 25.0. The van der Waals surface area contributed by atoms with E-state index in [-0.39, 0.29) is 0 Å². The molecule has 0 saturated carbocycles. The molecule has 0 spiro atoms. The van der Waals surface area contributed by atoms with Gasteiger partial charge in [-0.05, 0) is 155 Å². The lowest BCUT2D eigenvalue weighted by Crippen LogP contribution is -2.03. The highest BCUT2D eigenvalue weighted by Crippen LogP contribution is 2.48. The second kappa shape index (κ2) is 27.6. The van der Waals surface area contributed by atoms with E-state index in [0.29, 0.717) is 23.4 Å². The zero-order valence-corrected chi connectivity index (χ0v) is 65.9. The van der Waals surface area contributed by atoms with Crippen LogP contribution in [0.3, 0.4) is 0 Å². The summed E-state index contributed by atoms with van der Waals surface area (Å²) in [5.74, 6) is 2.55. The van der Waals surface area contributed by atoms with E-state index < -0.39 is 0 Å². The van der Waals surface area contributed by atoms with Crippen molar-refractivity contribution in [2.75, 3.05) is 0 Å². The molecule has 0 aliphatic carbocycles. The number of fused-ring (bicyclic) bond motifs is 27. The number of aromatic nitrogens is 9. The number of hydrogen-bond donors (Lipinski definition) is 0. The molecule has 0 radical (unpaired) electrons. The van der Waals surface area contributed by atoms with Crippen LogP contribution in [0.5, 0.6) is 0 Å². The Hall–Kier alpha value is -16.5. The largest absolute Gasteiger partial charge is 0.309 e. The summed E-state index contributed by atoms with van der Waals surface area (Å²) in [6.45, 7) is 0. The molecule has 20 aromatic carbocycles. The quantitative estimate of drug-likeness (QED) is 0.134. The van der Waals surface area contributed by atoms with Gasteiger partial charge >= 0.3 is 0 Å². The van der Waals surface area contributed by atoms with Gasteiger partial charge in [0.15, 0.2) is 17.5 Å². The van der Waals surface area contributed by atoms with Crippen LogP contribution in [-0.4, -0.2) is 43.2 Å². The van der Waals surface area contributed by atoms with Crippen LogP contribution in [0.2, 0.25) is 0 Å². The molecule has 6 heterocycles. The fourth-order valence-electron chi connectivity index (χ4n) is 19.7. The summed E-state index contributed by atoms with van der Waals surface area (Å²) in [5.41, 5.74) is 20.4. The Morgan fingerprint density at radius 2 is 0.475 bits per heavy atom. The predicted octanol–water partition coefficient (Wildman–Crippen LogP) is 29.1. The van der Waals surface area contributed by atoms with Gasteiger partial charge in [0.2, 0.25) is 5.95 Å². The minimum absolute atomic E-state index is 0.624. The van der Waals surface area contributed by atoms with Crippen molar-refractivity contribution in [2.24, 2.45) is 0 Å². The zero-order valence-electron chi connectivity index (χ0n) is 65.9. The van der Waals surface area contributed by atoms with Gasteiger partial charge in [0.05, 0.1) is 55.3 Å². The maximum Gasteiger partial charge on any atom is 0.235 e. The number of hydrogen-bond acceptors (Lipinski definition) is 5. The Balaban J connectivity index is 0.000000134. The molecule has 0 N–H and O–H groups in total. The highest BCUT2D eigenvalue weighted by atomic mass is 15.2. The molecular formula is C113H69N9. The highest BCUT2D eigenvalue weighted by molar-refractivity contribution is 6.31. The SMILES string of the molecule is c1ccc(-c2ccc(-c3nc(-n4c5ccccc5c5c4ccc4c6ccccc6n(-c6ccc7c8ccccc8c8ccccc8c7c6)c45)nc4ccccc34)cc2)cc1.c1ccc(-c2nc(-c3ccccc3)nc(-c3cccc(-n4c5ccccc5c5c4ccc4c6ccccc6n(-c6ccc7c8ccccc8c8ccccc8c7c6)c45)c3)n2)cc1. The molecule has 0 atom stereocenters. The molecule has 26 rings (SSSR count). The molecule has 0 aliphatic heterocycles. The van der Waals surface area contributed by atoms with Crippen LogP contribution >= 0.6 is 0 Å².